The van der Waals surface area contributed by atoms with Crippen LogP contribution in [0.5, 0.6) is 0 Å². The Morgan fingerprint density at radius 1 is 1.47 bits per heavy atom. The van der Waals surface area contributed by atoms with Gasteiger partial charge in [0.2, 0.25) is 5.13 Å². The first kappa shape index (κ1) is 12.3. The highest BCUT2D eigenvalue weighted by atomic mass is 35.5. The van der Waals surface area contributed by atoms with Gasteiger partial charge < -0.3 is 5.32 Å². The fourth-order valence-electron chi connectivity index (χ4n) is 1.40. The number of halogens is 2. The molecular formula is C11H11ClFN3S. The molecule has 17 heavy (non-hydrogen) atoms. The van der Waals surface area contributed by atoms with Gasteiger partial charge in [-0.1, -0.05) is 23.7 Å². The second kappa shape index (κ2) is 5.42. The number of aromatic nitrogens is 2. The number of nitrogens with zero attached hydrogens (tertiary/aromatic N) is 2. The van der Waals surface area contributed by atoms with Gasteiger partial charge >= 0.3 is 0 Å². The number of rotatable bonds is 4. The summed E-state index contributed by atoms with van der Waals surface area (Å²) in [5.41, 5.74) is 0.512. The van der Waals surface area contributed by atoms with Gasteiger partial charge in [0, 0.05) is 24.5 Å². The topological polar surface area (TPSA) is 37.8 Å². The number of nitrogens with one attached hydrogen (secondary N) is 1. The van der Waals surface area contributed by atoms with Crippen LogP contribution in [0.25, 0.3) is 0 Å². The van der Waals surface area contributed by atoms with Crippen molar-refractivity contribution in [2.45, 2.75) is 13.3 Å². The molecule has 1 aromatic heterocycles. The van der Waals surface area contributed by atoms with E-state index < -0.39 is 5.82 Å². The maximum absolute atomic E-state index is 13.6. The van der Waals surface area contributed by atoms with Gasteiger partial charge in [0.15, 0.2) is 0 Å². The third-order valence-corrected chi connectivity index (χ3v) is 3.18. The van der Waals surface area contributed by atoms with Crippen molar-refractivity contribution in [1.29, 1.82) is 0 Å². The van der Waals surface area contributed by atoms with Crippen LogP contribution in [0.3, 0.4) is 0 Å². The van der Waals surface area contributed by atoms with Crippen LogP contribution < -0.4 is 5.32 Å². The SMILES string of the molecule is CCNc1nc(Cc2cccc(Cl)c2F)ns1. The predicted octanol–water partition coefficient (Wildman–Crippen LogP) is 3.35. The van der Waals surface area contributed by atoms with Crippen LogP contribution in [0.1, 0.15) is 18.3 Å². The molecule has 2 rings (SSSR count). The Balaban J connectivity index is 2.16. The van der Waals surface area contributed by atoms with Crippen molar-refractivity contribution < 1.29 is 4.39 Å². The monoisotopic (exact) mass is 271 g/mol. The Labute approximate surface area is 108 Å². The Morgan fingerprint density at radius 2 is 2.29 bits per heavy atom. The van der Waals surface area contributed by atoms with Crippen molar-refractivity contribution in [2.75, 3.05) is 11.9 Å². The van der Waals surface area contributed by atoms with Gasteiger partial charge in [-0.15, -0.1) is 0 Å². The Bertz CT molecular complexity index is 515. The molecule has 90 valence electrons. The van der Waals surface area contributed by atoms with E-state index in [4.69, 9.17) is 11.6 Å². The molecule has 0 amide bonds. The highest BCUT2D eigenvalue weighted by Gasteiger charge is 2.10. The largest absolute Gasteiger partial charge is 0.361 e. The zero-order valence-electron chi connectivity index (χ0n) is 9.20. The minimum atomic E-state index is -0.394. The van der Waals surface area contributed by atoms with E-state index in [2.05, 4.69) is 14.7 Å². The highest BCUT2D eigenvalue weighted by molar-refractivity contribution is 7.09. The van der Waals surface area contributed by atoms with E-state index in [1.807, 2.05) is 6.92 Å². The summed E-state index contributed by atoms with van der Waals surface area (Å²) in [6, 6.07) is 4.94. The van der Waals surface area contributed by atoms with Crippen LogP contribution in [0.15, 0.2) is 18.2 Å². The first-order valence-corrected chi connectivity index (χ1v) is 6.35. The molecule has 0 bridgehead atoms. The maximum Gasteiger partial charge on any atom is 0.202 e. The molecule has 3 nitrogen and oxygen atoms in total. The lowest BCUT2D eigenvalue weighted by Gasteiger charge is -2.01. The molecule has 0 unspecified atom stereocenters. The summed E-state index contributed by atoms with van der Waals surface area (Å²) in [6.45, 7) is 2.78. The first-order chi connectivity index (χ1) is 8.20. The summed E-state index contributed by atoms with van der Waals surface area (Å²) < 4.78 is 17.8. The summed E-state index contributed by atoms with van der Waals surface area (Å²) in [5, 5.41) is 3.95. The third kappa shape index (κ3) is 2.92. The molecular weight excluding hydrogens is 261 g/mol. The van der Waals surface area contributed by atoms with Crippen molar-refractivity contribution >= 4 is 28.3 Å². The number of anilines is 1. The van der Waals surface area contributed by atoms with Crippen LogP contribution in [0, 0.1) is 5.82 Å². The molecule has 0 spiro atoms. The van der Waals surface area contributed by atoms with Crippen molar-refractivity contribution in [3.8, 4) is 0 Å². The fraction of sp³-hybridized carbons (Fsp3) is 0.273. The number of benzene rings is 1. The summed E-state index contributed by atoms with van der Waals surface area (Å²) >= 11 is 6.99. The lowest BCUT2D eigenvalue weighted by Crippen LogP contribution is -1.98. The quantitative estimate of drug-likeness (QED) is 0.927. The van der Waals surface area contributed by atoms with E-state index in [0.717, 1.165) is 11.7 Å². The van der Waals surface area contributed by atoms with Gasteiger partial charge in [-0.2, -0.15) is 4.37 Å². The van der Waals surface area contributed by atoms with E-state index >= 15 is 0 Å². The minimum Gasteiger partial charge on any atom is -0.361 e. The highest BCUT2D eigenvalue weighted by Crippen LogP contribution is 2.21. The molecule has 0 saturated heterocycles. The summed E-state index contributed by atoms with van der Waals surface area (Å²) in [6.07, 6.45) is 0.355. The van der Waals surface area contributed by atoms with Gasteiger partial charge in [-0.3, -0.25) is 0 Å². The lowest BCUT2D eigenvalue weighted by atomic mass is 10.1. The molecule has 0 radical (unpaired) electrons. The van der Waals surface area contributed by atoms with Crippen LogP contribution in [0.4, 0.5) is 9.52 Å². The van der Waals surface area contributed by atoms with Gasteiger partial charge in [-0.05, 0) is 18.6 Å². The summed E-state index contributed by atoms with van der Waals surface area (Å²) in [5.74, 6) is 0.209. The average molecular weight is 272 g/mol. The second-order valence-corrected chi connectivity index (χ2v) is 4.59. The second-order valence-electron chi connectivity index (χ2n) is 3.44. The first-order valence-electron chi connectivity index (χ1n) is 5.20. The molecule has 2 aromatic rings. The molecule has 6 heteroatoms. The summed E-state index contributed by atoms with van der Waals surface area (Å²) in [4.78, 5) is 4.25. The van der Waals surface area contributed by atoms with E-state index in [0.29, 0.717) is 17.8 Å². The number of hydrogen-bond acceptors (Lipinski definition) is 4. The predicted molar refractivity (Wildman–Crippen MR) is 68.3 cm³/mol. The smallest absolute Gasteiger partial charge is 0.202 e. The van der Waals surface area contributed by atoms with Gasteiger partial charge in [-0.25, -0.2) is 9.37 Å². The van der Waals surface area contributed by atoms with E-state index in [1.165, 1.54) is 17.6 Å². The Morgan fingerprint density at radius 3 is 3.06 bits per heavy atom. The molecule has 1 N–H and O–H groups in total. The van der Waals surface area contributed by atoms with Crippen molar-refractivity contribution in [2.24, 2.45) is 0 Å². The van der Waals surface area contributed by atoms with E-state index in [9.17, 15) is 4.39 Å². The molecule has 1 aromatic carbocycles. The van der Waals surface area contributed by atoms with Gasteiger partial charge in [0.25, 0.3) is 0 Å². The van der Waals surface area contributed by atoms with Crippen LogP contribution in [-0.2, 0) is 6.42 Å². The molecule has 0 saturated carbocycles. The normalized spacial score (nSPS) is 10.5. The van der Waals surface area contributed by atoms with Crippen molar-refractivity contribution in [3.63, 3.8) is 0 Å². The van der Waals surface area contributed by atoms with Crippen LogP contribution >= 0.6 is 23.1 Å². The van der Waals surface area contributed by atoms with Gasteiger partial charge in [0.05, 0.1) is 5.02 Å². The average Bonchev–Trinajstić information content (AvgIpc) is 2.73. The Hall–Kier alpha value is -1.20. The molecule has 0 atom stereocenters. The minimum absolute atomic E-state index is 0.129. The van der Waals surface area contributed by atoms with Crippen LogP contribution in [0.2, 0.25) is 5.02 Å². The van der Waals surface area contributed by atoms with Crippen LogP contribution in [-0.4, -0.2) is 15.9 Å². The lowest BCUT2D eigenvalue weighted by molar-refractivity contribution is 0.613. The van der Waals surface area contributed by atoms with E-state index in [1.54, 1.807) is 12.1 Å². The molecule has 0 aliphatic rings. The standard InChI is InChI=1S/C11H11ClFN3S/c1-2-14-11-15-9(16-17-11)6-7-4-3-5-8(12)10(7)13/h3-5H,2,6H2,1H3,(H,14,15,16). The zero-order chi connectivity index (χ0) is 12.3. The number of hydrogen-bond donors (Lipinski definition) is 1. The van der Waals surface area contributed by atoms with E-state index in [-0.39, 0.29) is 5.02 Å². The van der Waals surface area contributed by atoms with Crippen molar-refractivity contribution in [3.05, 3.63) is 40.4 Å². The Kier molecular flexibility index (Phi) is 3.91. The third-order valence-electron chi connectivity index (χ3n) is 2.18. The van der Waals surface area contributed by atoms with Crippen molar-refractivity contribution in [1.82, 2.24) is 9.36 Å². The fourth-order valence-corrected chi connectivity index (χ4v) is 2.25. The zero-order valence-corrected chi connectivity index (χ0v) is 10.8. The molecule has 0 aliphatic carbocycles. The molecule has 1 heterocycles. The molecule has 0 fully saturated rings. The maximum atomic E-state index is 13.6. The summed E-state index contributed by atoms with van der Waals surface area (Å²) in [7, 11) is 0. The molecule has 0 aliphatic heterocycles. The van der Waals surface area contributed by atoms with Gasteiger partial charge in [0.1, 0.15) is 11.6 Å².